The number of aliphatic carboxylic acids is 1. The quantitative estimate of drug-likeness (QED) is 0.564. The van der Waals surface area contributed by atoms with Crippen molar-refractivity contribution in [3.63, 3.8) is 0 Å². The number of nitrogens with zero attached hydrogens (tertiary/aromatic N) is 1. The van der Waals surface area contributed by atoms with Crippen molar-refractivity contribution in [1.29, 1.82) is 0 Å². The Morgan fingerprint density at radius 2 is 2.56 bits per heavy atom. The fraction of sp³-hybridized carbons (Fsp3) is 0.500. The van der Waals surface area contributed by atoms with Crippen LogP contribution in [-0.2, 0) is 9.63 Å². The van der Waals surface area contributed by atoms with Crippen LogP contribution in [0.1, 0.15) is 12.8 Å². The highest BCUT2D eigenvalue weighted by Gasteiger charge is 2.42. The van der Waals surface area contributed by atoms with Gasteiger partial charge in [-0.2, -0.15) is 0 Å². The molecule has 0 spiro atoms. The zero-order chi connectivity index (χ0) is 11.4. The van der Waals surface area contributed by atoms with E-state index in [1.807, 2.05) is 0 Å². The second-order valence-electron chi connectivity index (χ2n) is 3.57. The second kappa shape index (κ2) is 5.14. The molecule has 1 saturated carbocycles. The number of hydrogen-bond donors (Lipinski definition) is 2. The van der Waals surface area contributed by atoms with Crippen molar-refractivity contribution in [2.24, 2.45) is 11.8 Å². The van der Waals surface area contributed by atoms with Crippen molar-refractivity contribution >= 4 is 17.9 Å². The van der Waals surface area contributed by atoms with Gasteiger partial charge in [-0.05, 0) is 24.3 Å². The Morgan fingerprint density at radius 1 is 1.69 bits per heavy atom. The molecule has 6 heteroatoms. The summed E-state index contributed by atoms with van der Waals surface area (Å²) in [5, 5.41) is 8.68. The molecule has 2 atom stereocenters. The maximum absolute atomic E-state index is 10.5. The third kappa shape index (κ3) is 3.08. The van der Waals surface area contributed by atoms with Crippen LogP contribution in [0.25, 0.3) is 0 Å². The predicted octanol–water partition coefficient (Wildman–Crippen LogP) is 0.972. The van der Waals surface area contributed by atoms with E-state index < -0.39 is 5.97 Å². The lowest BCUT2D eigenvalue weighted by Crippen LogP contribution is -2.20. The van der Waals surface area contributed by atoms with Gasteiger partial charge in [-0.1, -0.05) is 5.92 Å². The van der Waals surface area contributed by atoms with Crippen LogP contribution in [-0.4, -0.2) is 21.4 Å². The molecule has 0 radical (unpaired) electrons. The van der Waals surface area contributed by atoms with Crippen molar-refractivity contribution in [1.82, 2.24) is 10.0 Å². The first-order valence-corrected chi connectivity index (χ1v) is 5.91. The second-order valence-corrected chi connectivity index (χ2v) is 4.44. The van der Waals surface area contributed by atoms with Crippen LogP contribution in [0.5, 0.6) is 0 Å². The smallest absolute Gasteiger partial charge is 0.306 e. The highest BCUT2D eigenvalue weighted by molar-refractivity contribution is 7.97. The van der Waals surface area contributed by atoms with Crippen molar-refractivity contribution in [3.05, 3.63) is 12.5 Å². The molecule has 1 aliphatic heterocycles. The molecule has 0 aromatic carbocycles. The molecule has 1 aliphatic carbocycles. The minimum Gasteiger partial charge on any atom is -0.481 e. The Hall–Kier alpha value is -1.32. The van der Waals surface area contributed by atoms with Gasteiger partial charge in [-0.3, -0.25) is 10.2 Å². The van der Waals surface area contributed by atoms with Crippen LogP contribution in [0.15, 0.2) is 12.5 Å². The molecule has 0 amide bonds. The molecule has 2 aliphatic rings. The van der Waals surface area contributed by atoms with Gasteiger partial charge >= 0.3 is 5.97 Å². The summed E-state index contributed by atoms with van der Waals surface area (Å²) in [5.41, 5.74) is 2.84. The van der Waals surface area contributed by atoms with Crippen LogP contribution in [0.2, 0.25) is 0 Å². The number of rotatable bonds is 4. The fourth-order valence-corrected chi connectivity index (χ4v) is 1.93. The van der Waals surface area contributed by atoms with Gasteiger partial charge in [0.15, 0.2) is 0 Å². The van der Waals surface area contributed by atoms with Gasteiger partial charge < -0.3 is 9.94 Å². The number of hydrazine groups is 1. The summed E-state index contributed by atoms with van der Waals surface area (Å²) in [6.45, 7) is 0. The molecular weight excluding hydrogens is 228 g/mol. The van der Waals surface area contributed by atoms with Crippen molar-refractivity contribution < 1.29 is 14.7 Å². The Kier molecular flexibility index (Phi) is 3.59. The zero-order valence-corrected chi connectivity index (χ0v) is 9.37. The van der Waals surface area contributed by atoms with Gasteiger partial charge in [0, 0.05) is 11.0 Å². The van der Waals surface area contributed by atoms with Crippen LogP contribution in [0.4, 0.5) is 0 Å². The average Bonchev–Trinajstić information content (AvgIpc) is 2.85. The van der Waals surface area contributed by atoms with Crippen molar-refractivity contribution in [2.45, 2.75) is 12.8 Å². The average molecular weight is 240 g/mol. The first kappa shape index (κ1) is 11.2. The summed E-state index contributed by atoms with van der Waals surface area (Å²) in [7, 11) is 0. The highest BCUT2D eigenvalue weighted by atomic mass is 32.2. The SMILES string of the molecule is O=C(O)C1CC1CC#CCSN1NC=CO1. The summed E-state index contributed by atoms with van der Waals surface area (Å²) >= 11 is 1.41. The molecule has 0 aromatic rings. The molecule has 86 valence electrons. The van der Waals surface area contributed by atoms with E-state index in [1.54, 1.807) is 12.5 Å². The summed E-state index contributed by atoms with van der Waals surface area (Å²) in [4.78, 5) is 15.5. The van der Waals surface area contributed by atoms with Crippen LogP contribution in [0.3, 0.4) is 0 Å². The van der Waals surface area contributed by atoms with Gasteiger partial charge in [0.05, 0.1) is 17.9 Å². The topological polar surface area (TPSA) is 61.8 Å². The maximum atomic E-state index is 10.5. The molecule has 0 aromatic heterocycles. The summed E-state index contributed by atoms with van der Waals surface area (Å²) in [6.07, 6.45) is 4.69. The van der Waals surface area contributed by atoms with Crippen LogP contribution < -0.4 is 5.43 Å². The maximum Gasteiger partial charge on any atom is 0.306 e. The summed E-state index contributed by atoms with van der Waals surface area (Å²) in [6, 6.07) is 0. The Balaban J connectivity index is 1.55. The minimum atomic E-state index is -0.693. The number of nitrogens with one attached hydrogen (secondary N) is 1. The highest BCUT2D eigenvalue weighted by Crippen LogP contribution is 2.40. The molecule has 1 fully saturated rings. The van der Waals surface area contributed by atoms with Gasteiger partial charge in [0.2, 0.25) is 0 Å². The zero-order valence-electron chi connectivity index (χ0n) is 8.55. The van der Waals surface area contributed by atoms with Gasteiger partial charge in [0.25, 0.3) is 0 Å². The fourth-order valence-electron chi connectivity index (χ4n) is 1.40. The molecule has 1 heterocycles. The normalized spacial score (nSPS) is 26.5. The monoisotopic (exact) mass is 240 g/mol. The van der Waals surface area contributed by atoms with Crippen LogP contribution in [0, 0.1) is 23.7 Å². The Labute approximate surface area is 97.9 Å². The third-order valence-electron chi connectivity index (χ3n) is 2.39. The predicted molar refractivity (Wildman–Crippen MR) is 59.3 cm³/mol. The van der Waals surface area contributed by atoms with E-state index in [1.165, 1.54) is 16.5 Å². The lowest BCUT2D eigenvalue weighted by atomic mass is 10.2. The molecule has 2 unspecified atom stereocenters. The molecular formula is C10H12N2O3S. The third-order valence-corrected chi connectivity index (χ3v) is 3.09. The molecule has 0 bridgehead atoms. The molecule has 2 N–H and O–H groups in total. The Bertz CT molecular complexity index is 353. The lowest BCUT2D eigenvalue weighted by molar-refractivity contribution is -0.138. The summed E-state index contributed by atoms with van der Waals surface area (Å²) in [5.74, 6) is 6.00. The Morgan fingerprint density at radius 3 is 3.19 bits per heavy atom. The van der Waals surface area contributed by atoms with E-state index >= 15 is 0 Å². The van der Waals surface area contributed by atoms with Crippen molar-refractivity contribution in [2.75, 3.05) is 5.75 Å². The number of carbonyl (C=O) groups is 1. The van der Waals surface area contributed by atoms with Crippen molar-refractivity contribution in [3.8, 4) is 11.8 Å². The number of carboxylic acid groups (broad SMARTS) is 1. The van der Waals surface area contributed by atoms with E-state index in [9.17, 15) is 4.79 Å². The number of carboxylic acids is 1. The van der Waals surface area contributed by atoms with E-state index in [0.29, 0.717) is 12.2 Å². The van der Waals surface area contributed by atoms with Crippen LogP contribution >= 0.6 is 11.9 Å². The van der Waals surface area contributed by atoms with Gasteiger partial charge in [-0.15, -0.1) is 5.92 Å². The van der Waals surface area contributed by atoms with E-state index in [0.717, 1.165) is 6.42 Å². The van der Waals surface area contributed by atoms with E-state index in [2.05, 4.69) is 17.3 Å². The van der Waals surface area contributed by atoms with E-state index in [4.69, 9.17) is 9.94 Å². The lowest BCUT2D eigenvalue weighted by Gasteiger charge is -2.09. The first-order valence-electron chi connectivity index (χ1n) is 4.97. The number of hydrogen-bond acceptors (Lipinski definition) is 5. The molecule has 16 heavy (non-hydrogen) atoms. The molecule has 5 nitrogen and oxygen atoms in total. The molecule has 2 rings (SSSR count). The largest absolute Gasteiger partial charge is 0.481 e. The first-order chi connectivity index (χ1) is 7.77. The van der Waals surface area contributed by atoms with Gasteiger partial charge in [-0.25, -0.2) is 0 Å². The minimum absolute atomic E-state index is 0.158. The van der Waals surface area contributed by atoms with E-state index in [-0.39, 0.29) is 11.8 Å². The summed E-state index contributed by atoms with van der Waals surface area (Å²) < 4.78 is 1.51. The molecule has 0 saturated heterocycles. The van der Waals surface area contributed by atoms with Gasteiger partial charge in [0.1, 0.15) is 6.26 Å². The standard InChI is InChI=1S/C10H12N2O3S/c13-10(14)9-7-8(9)3-1-2-6-16-12-11-4-5-15-12/h4-5,8-9,11H,3,6-7H2,(H,13,14).